The molecule has 0 atom stereocenters. The topological polar surface area (TPSA) is 70.2 Å². The first kappa shape index (κ1) is 19.0. The fourth-order valence-electron chi connectivity index (χ4n) is 2.11. The average molecular weight is 319 g/mol. The van der Waals surface area contributed by atoms with Crippen molar-refractivity contribution in [2.75, 3.05) is 17.2 Å². The van der Waals surface area contributed by atoms with Gasteiger partial charge in [0.05, 0.1) is 6.54 Å². The maximum absolute atomic E-state index is 11.8. The van der Waals surface area contributed by atoms with Gasteiger partial charge in [-0.2, -0.15) is 0 Å². The number of benzene rings is 1. The zero-order valence-electron chi connectivity index (χ0n) is 14.7. The van der Waals surface area contributed by atoms with E-state index in [9.17, 15) is 9.59 Å². The number of carbonyl (C=O) groups excluding carboxylic acids is 2. The number of hydrogen-bond donors (Lipinski definition) is 3. The summed E-state index contributed by atoms with van der Waals surface area (Å²) >= 11 is 0. The molecule has 0 aliphatic carbocycles. The third-order valence-electron chi connectivity index (χ3n) is 3.12. The predicted octanol–water partition coefficient (Wildman–Crippen LogP) is 3.53. The van der Waals surface area contributed by atoms with E-state index in [1.54, 1.807) is 0 Å². The number of amides is 2. The number of hydrogen-bond acceptors (Lipinski definition) is 3. The molecule has 23 heavy (non-hydrogen) atoms. The molecule has 128 valence electrons. The third kappa shape index (κ3) is 8.86. The lowest BCUT2D eigenvalue weighted by Crippen LogP contribution is -2.43. The Morgan fingerprint density at radius 2 is 1.74 bits per heavy atom. The van der Waals surface area contributed by atoms with Gasteiger partial charge in [-0.15, -0.1) is 0 Å². The summed E-state index contributed by atoms with van der Waals surface area (Å²) in [5.74, 6) is -0.0346. The van der Waals surface area contributed by atoms with E-state index >= 15 is 0 Å². The highest BCUT2D eigenvalue weighted by molar-refractivity contribution is 5.91. The van der Waals surface area contributed by atoms with E-state index in [2.05, 4.69) is 22.9 Å². The van der Waals surface area contributed by atoms with Gasteiger partial charge in [0.1, 0.15) is 0 Å². The van der Waals surface area contributed by atoms with Gasteiger partial charge in [-0.25, -0.2) is 0 Å². The fourth-order valence-corrected chi connectivity index (χ4v) is 2.11. The van der Waals surface area contributed by atoms with Gasteiger partial charge >= 0.3 is 0 Å². The van der Waals surface area contributed by atoms with Crippen LogP contribution in [0.1, 0.15) is 53.4 Å². The molecule has 0 fully saturated rings. The van der Waals surface area contributed by atoms with Crippen molar-refractivity contribution in [3.8, 4) is 0 Å². The first-order valence-corrected chi connectivity index (χ1v) is 8.25. The normalized spacial score (nSPS) is 11.0. The highest BCUT2D eigenvalue weighted by Crippen LogP contribution is 2.15. The lowest BCUT2D eigenvalue weighted by molar-refractivity contribution is -0.120. The van der Waals surface area contributed by atoms with Gasteiger partial charge in [0, 0.05) is 23.3 Å². The minimum absolute atomic E-state index is 0.0288. The second-order valence-electron chi connectivity index (χ2n) is 6.74. The average Bonchev–Trinajstić information content (AvgIpc) is 2.44. The molecule has 1 aromatic carbocycles. The Labute approximate surface area is 139 Å². The lowest BCUT2D eigenvalue weighted by Gasteiger charge is -2.20. The Balaban J connectivity index is 2.47. The third-order valence-corrected chi connectivity index (χ3v) is 3.12. The minimum atomic E-state index is -0.243. The van der Waals surface area contributed by atoms with E-state index < -0.39 is 0 Å². The van der Waals surface area contributed by atoms with Crippen LogP contribution in [0.2, 0.25) is 0 Å². The van der Waals surface area contributed by atoms with E-state index in [0.29, 0.717) is 6.42 Å². The molecule has 5 heteroatoms. The number of anilines is 2. The Hall–Kier alpha value is -2.04. The monoisotopic (exact) mass is 319 g/mol. The van der Waals surface area contributed by atoms with Crippen molar-refractivity contribution in [3.05, 3.63) is 24.3 Å². The van der Waals surface area contributed by atoms with Crippen molar-refractivity contribution >= 4 is 23.2 Å². The van der Waals surface area contributed by atoms with Crippen molar-refractivity contribution in [2.45, 2.75) is 58.9 Å². The van der Waals surface area contributed by atoms with Crippen LogP contribution in [0.4, 0.5) is 11.4 Å². The van der Waals surface area contributed by atoms with E-state index in [-0.39, 0.29) is 23.9 Å². The van der Waals surface area contributed by atoms with Gasteiger partial charge < -0.3 is 16.0 Å². The molecule has 3 N–H and O–H groups in total. The summed E-state index contributed by atoms with van der Waals surface area (Å²) in [5, 5.41) is 8.85. The highest BCUT2D eigenvalue weighted by atomic mass is 16.2. The fraction of sp³-hybridized carbons (Fsp3) is 0.556. The molecule has 0 aliphatic rings. The molecule has 0 aromatic heterocycles. The molecule has 0 spiro atoms. The summed E-state index contributed by atoms with van der Waals surface area (Å²) in [6.45, 7) is 8.15. The molecule has 0 saturated heterocycles. The summed E-state index contributed by atoms with van der Waals surface area (Å²) in [4.78, 5) is 23.6. The van der Waals surface area contributed by atoms with Crippen LogP contribution in [0.15, 0.2) is 24.3 Å². The van der Waals surface area contributed by atoms with Crippen LogP contribution in [-0.2, 0) is 9.59 Å². The molecule has 2 amide bonds. The highest BCUT2D eigenvalue weighted by Gasteiger charge is 2.13. The Bertz CT molecular complexity index is 521. The molecule has 1 aromatic rings. The number of nitrogens with one attached hydrogen (secondary N) is 3. The Kier molecular flexibility index (Phi) is 7.59. The van der Waals surface area contributed by atoms with E-state index in [4.69, 9.17) is 0 Å². The lowest BCUT2D eigenvalue weighted by atomic mass is 10.1. The van der Waals surface area contributed by atoms with Gasteiger partial charge in [-0.3, -0.25) is 9.59 Å². The standard InChI is InChI=1S/C18H29N3O2/c1-5-6-7-11-16(22)20-15-10-8-9-14(12-15)19-13-17(23)21-18(2,3)4/h8-10,12,19H,5-7,11,13H2,1-4H3,(H,20,22)(H,21,23). The summed E-state index contributed by atoms with van der Waals surface area (Å²) in [5.41, 5.74) is 1.31. The van der Waals surface area contributed by atoms with Gasteiger partial charge in [-0.1, -0.05) is 25.8 Å². The first-order valence-electron chi connectivity index (χ1n) is 8.25. The van der Waals surface area contributed by atoms with Gasteiger partial charge in [-0.05, 0) is 45.4 Å². The van der Waals surface area contributed by atoms with Gasteiger partial charge in [0.2, 0.25) is 11.8 Å². The van der Waals surface area contributed by atoms with Crippen molar-refractivity contribution in [1.82, 2.24) is 5.32 Å². The molecular formula is C18H29N3O2. The summed E-state index contributed by atoms with van der Waals surface area (Å²) in [7, 11) is 0. The molecule has 0 saturated carbocycles. The van der Waals surface area contributed by atoms with Crippen molar-refractivity contribution in [3.63, 3.8) is 0 Å². The van der Waals surface area contributed by atoms with Crippen LogP contribution in [-0.4, -0.2) is 23.9 Å². The van der Waals surface area contributed by atoms with E-state index in [0.717, 1.165) is 30.6 Å². The molecule has 0 heterocycles. The van der Waals surface area contributed by atoms with Crippen LogP contribution < -0.4 is 16.0 Å². The van der Waals surface area contributed by atoms with E-state index in [1.165, 1.54) is 0 Å². The maximum Gasteiger partial charge on any atom is 0.239 e. The Morgan fingerprint density at radius 1 is 1.04 bits per heavy atom. The summed E-state index contributed by atoms with van der Waals surface area (Å²) in [6, 6.07) is 7.41. The second kappa shape index (κ2) is 9.18. The van der Waals surface area contributed by atoms with Crippen LogP contribution in [0.5, 0.6) is 0 Å². The number of carbonyl (C=O) groups is 2. The molecule has 0 aliphatic heterocycles. The first-order chi connectivity index (χ1) is 10.8. The zero-order valence-corrected chi connectivity index (χ0v) is 14.7. The van der Waals surface area contributed by atoms with Crippen molar-refractivity contribution in [1.29, 1.82) is 0 Å². The molecule has 0 bridgehead atoms. The largest absolute Gasteiger partial charge is 0.376 e. The summed E-state index contributed by atoms with van der Waals surface area (Å²) in [6.07, 6.45) is 3.62. The smallest absolute Gasteiger partial charge is 0.239 e. The SMILES string of the molecule is CCCCCC(=O)Nc1cccc(NCC(=O)NC(C)(C)C)c1. The van der Waals surface area contributed by atoms with Gasteiger partial charge in [0.25, 0.3) is 0 Å². The maximum atomic E-state index is 11.8. The number of rotatable bonds is 8. The molecule has 0 unspecified atom stereocenters. The van der Waals surface area contributed by atoms with Crippen LogP contribution >= 0.6 is 0 Å². The molecule has 0 radical (unpaired) electrons. The van der Waals surface area contributed by atoms with Crippen LogP contribution in [0, 0.1) is 0 Å². The Morgan fingerprint density at radius 3 is 2.39 bits per heavy atom. The second-order valence-corrected chi connectivity index (χ2v) is 6.74. The number of unbranched alkanes of at least 4 members (excludes halogenated alkanes) is 2. The zero-order chi connectivity index (χ0) is 17.3. The molecule has 5 nitrogen and oxygen atoms in total. The van der Waals surface area contributed by atoms with E-state index in [1.807, 2.05) is 45.0 Å². The quantitative estimate of drug-likeness (QED) is 0.642. The minimum Gasteiger partial charge on any atom is -0.376 e. The predicted molar refractivity (Wildman–Crippen MR) is 95.6 cm³/mol. The van der Waals surface area contributed by atoms with Gasteiger partial charge in [0.15, 0.2) is 0 Å². The molecular weight excluding hydrogens is 290 g/mol. The molecule has 1 rings (SSSR count). The summed E-state index contributed by atoms with van der Waals surface area (Å²) < 4.78 is 0. The van der Waals surface area contributed by atoms with Crippen LogP contribution in [0.25, 0.3) is 0 Å². The van der Waals surface area contributed by atoms with Crippen molar-refractivity contribution < 1.29 is 9.59 Å². The van der Waals surface area contributed by atoms with Crippen molar-refractivity contribution in [2.24, 2.45) is 0 Å². The van der Waals surface area contributed by atoms with Crippen LogP contribution in [0.3, 0.4) is 0 Å².